The van der Waals surface area contributed by atoms with Crippen molar-refractivity contribution >= 4 is 14.4 Å². The van der Waals surface area contributed by atoms with E-state index < -0.39 is 21.8 Å². The second kappa shape index (κ2) is 6.12. The van der Waals surface area contributed by atoms with E-state index in [-0.39, 0.29) is 0 Å². The van der Waals surface area contributed by atoms with Crippen LogP contribution in [-0.2, 0) is 21.8 Å². The quantitative estimate of drug-likeness (QED) is 0.729. The molecule has 4 rings (SSSR count). The van der Waals surface area contributed by atoms with Crippen LogP contribution in [0, 0.1) is 10.4 Å². The molecule has 2 aliphatic rings. The topological polar surface area (TPSA) is 0 Å². The van der Waals surface area contributed by atoms with Gasteiger partial charge in [-0.05, 0) is 0 Å². The molecule has 0 spiro atoms. The minimum atomic E-state index is -1.58. The van der Waals surface area contributed by atoms with E-state index in [0.29, 0.717) is 0 Å². The van der Waals surface area contributed by atoms with Crippen molar-refractivity contribution in [3.05, 3.63) is 86.6 Å². The molecule has 119 valence electrons. The van der Waals surface area contributed by atoms with Crippen molar-refractivity contribution < 1.29 is 21.8 Å². The van der Waals surface area contributed by atoms with Crippen LogP contribution in [0.25, 0.3) is 11.1 Å². The number of hydrogen-bond donors (Lipinski definition) is 0. The van der Waals surface area contributed by atoms with Gasteiger partial charge in [0.2, 0.25) is 0 Å². The van der Waals surface area contributed by atoms with E-state index in [0.717, 1.165) is 6.42 Å². The Labute approximate surface area is 151 Å². The fourth-order valence-electron chi connectivity index (χ4n) is 4.06. The second-order valence-corrected chi connectivity index (χ2v) is 13.3. The van der Waals surface area contributed by atoms with Gasteiger partial charge in [-0.3, -0.25) is 0 Å². The molecule has 2 aromatic rings. The summed E-state index contributed by atoms with van der Waals surface area (Å²) in [5.74, 6) is 0. The molecule has 0 nitrogen and oxygen atoms in total. The molecule has 0 aliphatic heterocycles. The first-order valence-corrected chi connectivity index (χ1v) is 14.9. The fraction of sp³-hybridized carbons (Fsp3) is 0.217. The van der Waals surface area contributed by atoms with Gasteiger partial charge in [0, 0.05) is 0 Å². The summed E-state index contributed by atoms with van der Waals surface area (Å²) in [7, 11) is 0. The van der Waals surface area contributed by atoms with Crippen molar-refractivity contribution in [2.45, 2.75) is 29.5 Å². The van der Waals surface area contributed by atoms with Gasteiger partial charge in [0.25, 0.3) is 0 Å². The van der Waals surface area contributed by atoms with Crippen molar-refractivity contribution in [3.8, 4) is 0 Å². The Bertz CT molecular complexity index is 1110. The SMILES string of the molecule is CC(C)=c1ccc2c([c]1[Zr]([CH3])[CH3])C(C1=CC=CC1)=c1ccccc1=2. The molecule has 24 heavy (non-hydrogen) atoms. The Hall–Kier alpha value is -1.46. The molecule has 2 aromatic carbocycles. The van der Waals surface area contributed by atoms with Crippen LogP contribution in [0.2, 0.25) is 9.26 Å². The van der Waals surface area contributed by atoms with Crippen molar-refractivity contribution in [3.63, 3.8) is 0 Å². The third-order valence-corrected chi connectivity index (χ3v) is 8.81. The fourth-order valence-corrected chi connectivity index (χ4v) is 8.07. The minimum absolute atomic E-state index is 1.06. The van der Waals surface area contributed by atoms with E-state index >= 15 is 0 Å². The summed E-state index contributed by atoms with van der Waals surface area (Å²) in [5.41, 5.74) is 6.00. The van der Waals surface area contributed by atoms with E-state index in [9.17, 15) is 0 Å². The summed E-state index contributed by atoms with van der Waals surface area (Å²) in [6.07, 6.45) is 7.87. The number of benzene rings is 2. The number of fused-ring (bicyclic) bond motifs is 2. The van der Waals surface area contributed by atoms with Gasteiger partial charge < -0.3 is 0 Å². The molecule has 0 N–H and O–H groups in total. The van der Waals surface area contributed by atoms with Gasteiger partial charge in [-0.1, -0.05) is 0 Å². The van der Waals surface area contributed by atoms with E-state index in [1.807, 2.05) is 0 Å². The molecule has 0 unspecified atom stereocenters. The van der Waals surface area contributed by atoms with Crippen LogP contribution in [0.3, 0.4) is 0 Å². The number of rotatable bonds is 2. The van der Waals surface area contributed by atoms with Crippen LogP contribution in [-0.4, -0.2) is 0 Å². The van der Waals surface area contributed by atoms with E-state index in [1.165, 1.54) is 37.6 Å². The number of hydrogen-bond acceptors (Lipinski definition) is 0. The first kappa shape index (κ1) is 16.0. The van der Waals surface area contributed by atoms with Gasteiger partial charge in [0.05, 0.1) is 0 Å². The summed E-state index contributed by atoms with van der Waals surface area (Å²) in [4.78, 5) is 0. The Morgan fingerprint density at radius 1 is 0.917 bits per heavy atom. The average Bonchev–Trinajstić information content (AvgIpc) is 3.18. The van der Waals surface area contributed by atoms with Crippen molar-refractivity contribution in [2.24, 2.45) is 0 Å². The van der Waals surface area contributed by atoms with Crippen molar-refractivity contribution in [1.29, 1.82) is 0 Å². The molecular formula is C23H23Zr. The van der Waals surface area contributed by atoms with Crippen LogP contribution in [0.15, 0.2) is 60.2 Å². The molecule has 0 amide bonds. The van der Waals surface area contributed by atoms with Gasteiger partial charge in [0.15, 0.2) is 0 Å². The molecule has 1 heteroatoms. The summed E-state index contributed by atoms with van der Waals surface area (Å²) >= 11 is -1.58. The van der Waals surface area contributed by atoms with Gasteiger partial charge in [0.1, 0.15) is 0 Å². The summed E-state index contributed by atoms with van der Waals surface area (Å²) in [6, 6.07) is 13.7. The predicted octanol–water partition coefficient (Wildman–Crippen LogP) is 3.90. The summed E-state index contributed by atoms with van der Waals surface area (Å²) < 4.78 is 6.74. The maximum atomic E-state index is 2.52. The Morgan fingerprint density at radius 3 is 2.29 bits per heavy atom. The first-order valence-electron chi connectivity index (χ1n) is 8.71. The second-order valence-electron chi connectivity index (χ2n) is 7.16. The zero-order chi connectivity index (χ0) is 16.8. The number of allylic oxidation sites excluding steroid dienone is 4. The maximum absolute atomic E-state index is 2.52. The summed E-state index contributed by atoms with van der Waals surface area (Å²) in [6.45, 7) is 4.52. The third kappa shape index (κ3) is 2.37. The van der Waals surface area contributed by atoms with Gasteiger partial charge in [-0.15, -0.1) is 0 Å². The molecule has 0 fully saturated rings. The molecule has 0 atom stereocenters. The van der Waals surface area contributed by atoms with Crippen LogP contribution in [0.1, 0.15) is 25.8 Å². The first-order chi connectivity index (χ1) is 11.6. The summed E-state index contributed by atoms with van der Waals surface area (Å²) in [5, 5.41) is 5.81. The van der Waals surface area contributed by atoms with E-state index in [1.54, 1.807) is 8.83 Å². The third-order valence-electron chi connectivity index (χ3n) is 5.07. The predicted molar refractivity (Wildman–Crippen MR) is 100 cm³/mol. The molecule has 0 bridgehead atoms. The van der Waals surface area contributed by atoms with Crippen molar-refractivity contribution in [2.75, 3.05) is 0 Å². The van der Waals surface area contributed by atoms with Crippen LogP contribution < -0.4 is 13.7 Å². The normalized spacial score (nSPS) is 14.5. The van der Waals surface area contributed by atoms with Crippen LogP contribution >= 0.6 is 0 Å². The monoisotopic (exact) mass is 389 g/mol. The van der Waals surface area contributed by atoms with Crippen LogP contribution in [0.4, 0.5) is 0 Å². The molecule has 0 aromatic heterocycles. The zero-order valence-corrected chi connectivity index (χ0v) is 17.4. The Balaban J connectivity index is 2.25. The molecule has 0 radical (unpaired) electrons. The van der Waals surface area contributed by atoms with E-state index in [2.05, 4.69) is 77.7 Å². The Kier molecular flexibility index (Phi) is 4.09. The van der Waals surface area contributed by atoms with E-state index in [4.69, 9.17) is 0 Å². The molecule has 0 saturated heterocycles. The molecule has 2 aliphatic carbocycles. The standard InChI is InChI=1S/C21H17.2CH3.Zr/c1-14(2)16-11-12-18-17-9-5-6-10-19(17)21(20(18)13-16)15-7-3-4-8-15;;;/h3-7,9-12H,8H2,1-2H3;2*1H3;. The van der Waals surface area contributed by atoms with Crippen molar-refractivity contribution in [1.82, 2.24) is 0 Å². The molecule has 0 heterocycles. The average molecular weight is 391 g/mol. The zero-order valence-electron chi connectivity index (χ0n) is 14.9. The van der Waals surface area contributed by atoms with Gasteiger partial charge in [-0.25, -0.2) is 0 Å². The van der Waals surface area contributed by atoms with Gasteiger partial charge >= 0.3 is 152 Å². The van der Waals surface area contributed by atoms with Gasteiger partial charge in [-0.2, -0.15) is 0 Å². The molecule has 0 saturated carbocycles. The Morgan fingerprint density at radius 2 is 1.67 bits per heavy atom. The molecular weight excluding hydrogens is 367 g/mol. The van der Waals surface area contributed by atoms with Crippen LogP contribution in [0.5, 0.6) is 0 Å².